The van der Waals surface area contributed by atoms with Crippen molar-refractivity contribution in [3.63, 3.8) is 0 Å². The number of anilines is 1. The standard InChI is InChI=1S/C18H24BrF2NO3/c1-10-6-22(7-11(2)25-10)16-12(5-13(19)14(20)15(16)21)17-23-8-18(3,4)9-24-17/h5,10-11,17H,6-9H2,1-4H3/t10-,11-/m1/s1. The van der Waals surface area contributed by atoms with E-state index in [1.165, 1.54) is 0 Å². The van der Waals surface area contributed by atoms with Gasteiger partial charge in [0.1, 0.15) is 0 Å². The third kappa shape index (κ3) is 3.99. The smallest absolute Gasteiger partial charge is 0.185 e. The van der Waals surface area contributed by atoms with Crippen LogP contribution in [0.1, 0.15) is 39.5 Å². The van der Waals surface area contributed by atoms with E-state index in [2.05, 4.69) is 15.9 Å². The van der Waals surface area contributed by atoms with Gasteiger partial charge in [-0.25, -0.2) is 8.78 Å². The highest BCUT2D eigenvalue weighted by Crippen LogP contribution is 2.40. The highest BCUT2D eigenvalue weighted by molar-refractivity contribution is 9.10. The Bertz CT molecular complexity index is 636. The van der Waals surface area contributed by atoms with Gasteiger partial charge in [0.2, 0.25) is 0 Å². The van der Waals surface area contributed by atoms with Gasteiger partial charge >= 0.3 is 0 Å². The molecule has 0 bridgehead atoms. The highest BCUT2D eigenvalue weighted by Gasteiger charge is 2.35. The van der Waals surface area contributed by atoms with E-state index in [0.717, 1.165) is 0 Å². The minimum atomic E-state index is -0.901. The van der Waals surface area contributed by atoms with E-state index in [4.69, 9.17) is 14.2 Å². The van der Waals surface area contributed by atoms with Crippen LogP contribution in [0.3, 0.4) is 0 Å². The summed E-state index contributed by atoms with van der Waals surface area (Å²) >= 11 is 3.10. The quantitative estimate of drug-likeness (QED) is 0.664. The van der Waals surface area contributed by atoms with Gasteiger partial charge in [0.15, 0.2) is 17.9 Å². The number of nitrogens with zero attached hydrogens (tertiary/aromatic N) is 1. The van der Waals surface area contributed by atoms with Crippen molar-refractivity contribution in [1.82, 2.24) is 0 Å². The third-order valence-electron chi connectivity index (χ3n) is 4.41. The maximum atomic E-state index is 14.9. The maximum Gasteiger partial charge on any atom is 0.185 e. The van der Waals surface area contributed by atoms with E-state index in [0.29, 0.717) is 31.9 Å². The molecule has 0 aromatic heterocycles. The number of halogens is 3. The summed E-state index contributed by atoms with van der Waals surface area (Å²) in [7, 11) is 0. The minimum absolute atomic E-state index is 0.0649. The molecule has 1 aromatic rings. The molecule has 0 saturated carbocycles. The average Bonchev–Trinajstić information content (AvgIpc) is 2.51. The molecule has 2 aliphatic rings. The number of morpholine rings is 1. The summed E-state index contributed by atoms with van der Waals surface area (Å²) in [5, 5.41) is 0. The van der Waals surface area contributed by atoms with Crippen molar-refractivity contribution in [2.45, 2.75) is 46.2 Å². The summed E-state index contributed by atoms with van der Waals surface area (Å²) < 4.78 is 46.5. The van der Waals surface area contributed by atoms with Gasteiger partial charge in [-0.2, -0.15) is 0 Å². The van der Waals surface area contributed by atoms with Crippen LogP contribution in [0.2, 0.25) is 0 Å². The molecule has 0 N–H and O–H groups in total. The van der Waals surface area contributed by atoms with Crippen LogP contribution in [0, 0.1) is 17.0 Å². The maximum absolute atomic E-state index is 14.9. The number of rotatable bonds is 2. The molecule has 1 aromatic carbocycles. The van der Waals surface area contributed by atoms with Crippen LogP contribution in [0.4, 0.5) is 14.5 Å². The van der Waals surface area contributed by atoms with Crippen molar-refractivity contribution in [3.8, 4) is 0 Å². The van der Waals surface area contributed by atoms with Crippen LogP contribution in [-0.4, -0.2) is 38.5 Å². The predicted molar refractivity (Wildman–Crippen MR) is 94.7 cm³/mol. The lowest BCUT2D eigenvalue weighted by Gasteiger charge is -2.40. The fourth-order valence-corrected chi connectivity index (χ4v) is 3.76. The van der Waals surface area contributed by atoms with E-state index >= 15 is 0 Å². The zero-order valence-corrected chi connectivity index (χ0v) is 16.5. The van der Waals surface area contributed by atoms with Crippen LogP contribution in [-0.2, 0) is 14.2 Å². The Morgan fingerprint density at radius 1 is 1.08 bits per heavy atom. The van der Waals surface area contributed by atoms with E-state index in [9.17, 15) is 8.78 Å². The normalized spacial score (nSPS) is 27.6. The van der Waals surface area contributed by atoms with Crippen LogP contribution in [0.25, 0.3) is 0 Å². The lowest BCUT2D eigenvalue weighted by atomic mass is 9.95. The van der Waals surface area contributed by atoms with Crippen molar-refractivity contribution in [2.75, 3.05) is 31.2 Å². The number of benzene rings is 1. The SMILES string of the molecule is C[C@@H]1CN(c2c(C3OCC(C)(C)CO3)cc(Br)c(F)c2F)C[C@@H](C)O1. The largest absolute Gasteiger partial charge is 0.372 e. The molecule has 0 amide bonds. The molecule has 0 radical (unpaired) electrons. The number of hydrogen-bond donors (Lipinski definition) is 0. The second-order valence-corrected chi connectivity index (χ2v) is 8.56. The fraction of sp³-hybridized carbons (Fsp3) is 0.667. The summed E-state index contributed by atoms with van der Waals surface area (Å²) in [6.45, 7) is 9.86. The molecular formula is C18H24BrF2NO3. The van der Waals surface area contributed by atoms with Crippen LogP contribution in [0.5, 0.6) is 0 Å². The van der Waals surface area contributed by atoms with E-state index in [1.54, 1.807) is 6.07 Å². The molecule has 0 spiro atoms. The first-order valence-electron chi connectivity index (χ1n) is 8.49. The first-order chi connectivity index (χ1) is 11.7. The molecule has 2 fully saturated rings. The van der Waals surface area contributed by atoms with Crippen molar-refractivity contribution in [2.24, 2.45) is 5.41 Å². The Kier molecular flexibility index (Phi) is 5.40. The summed E-state index contributed by atoms with van der Waals surface area (Å²) in [4.78, 5) is 1.82. The summed E-state index contributed by atoms with van der Waals surface area (Å²) in [6.07, 6.45) is -0.868. The van der Waals surface area contributed by atoms with Gasteiger partial charge < -0.3 is 19.1 Å². The van der Waals surface area contributed by atoms with Gasteiger partial charge in [0.05, 0.1) is 35.6 Å². The molecule has 2 atom stereocenters. The molecule has 25 heavy (non-hydrogen) atoms. The molecular weight excluding hydrogens is 396 g/mol. The number of hydrogen-bond acceptors (Lipinski definition) is 4. The second kappa shape index (κ2) is 7.10. The van der Waals surface area contributed by atoms with E-state index < -0.39 is 17.9 Å². The fourth-order valence-electron chi connectivity index (χ4n) is 3.34. The monoisotopic (exact) mass is 419 g/mol. The Morgan fingerprint density at radius 2 is 1.64 bits per heavy atom. The molecule has 0 unspecified atom stereocenters. The van der Waals surface area contributed by atoms with Crippen molar-refractivity contribution in [1.29, 1.82) is 0 Å². The molecule has 140 valence electrons. The van der Waals surface area contributed by atoms with E-state index in [-0.39, 0.29) is 27.8 Å². The average molecular weight is 420 g/mol. The molecule has 2 heterocycles. The van der Waals surface area contributed by atoms with Crippen molar-refractivity contribution < 1.29 is 23.0 Å². The lowest BCUT2D eigenvalue weighted by molar-refractivity contribution is -0.226. The highest BCUT2D eigenvalue weighted by atomic mass is 79.9. The van der Waals surface area contributed by atoms with Gasteiger partial charge in [0, 0.05) is 24.1 Å². The number of ether oxygens (including phenoxy) is 3. The van der Waals surface area contributed by atoms with Gasteiger partial charge in [-0.15, -0.1) is 0 Å². The predicted octanol–water partition coefficient (Wildman–Crippen LogP) is 4.41. The van der Waals surface area contributed by atoms with E-state index in [1.807, 2.05) is 32.6 Å². The Morgan fingerprint density at radius 3 is 2.20 bits per heavy atom. The minimum Gasteiger partial charge on any atom is -0.372 e. The molecule has 3 rings (SSSR count). The molecule has 7 heteroatoms. The van der Waals surface area contributed by atoms with Crippen LogP contribution >= 0.6 is 15.9 Å². The van der Waals surface area contributed by atoms with Crippen molar-refractivity contribution in [3.05, 3.63) is 27.7 Å². The molecule has 2 aliphatic heterocycles. The third-order valence-corrected chi connectivity index (χ3v) is 4.98. The molecule has 2 saturated heterocycles. The Balaban J connectivity index is 2.00. The summed E-state index contributed by atoms with van der Waals surface area (Å²) in [5.74, 6) is -1.79. The molecule has 4 nitrogen and oxygen atoms in total. The first kappa shape index (κ1) is 19.0. The Labute approximate surface area is 155 Å². The first-order valence-corrected chi connectivity index (χ1v) is 9.28. The summed E-state index contributed by atoms with van der Waals surface area (Å²) in [5.41, 5.74) is 0.601. The zero-order chi connectivity index (χ0) is 18.4. The topological polar surface area (TPSA) is 30.9 Å². The Hall–Kier alpha value is -0.760. The molecule has 0 aliphatic carbocycles. The van der Waals surface area contributed by atoms with Crippen molar-refractivity contribution >= 4 is 21.6 Å². The van der Waals surface area contributed by atoms with Crippen LogP contribution in [0.15, 0.2) is 10.5 Å². The lowest BCUT2D eigenvalue weighted by Crippen LogP contribution is -2.46. The van der Waals surface area contributed by atoms with Gasteiger partial charge in [0.25, 0.3) is 0 Å². The second-order valence-electron chi connectivity index (χ2n) is 7.70. The van der Waals surface area contributed by atoms with Gasteiger partial charge in [-0.1, -0.05) is 13.8 Å². The summed E-state index contributed by atoms with van der Waals surface area (Å²) in [6, 6.07) is 1.56. The van der Waals surface area contributed by atoms with Gasteiger partial charge in [-0.05, 0) is 35.8 Å². The zero-order valence-electron chi connectivity index (χ0n) is 14.9. The van der Waals surface area contributed by atoms with Gasteiger partial charge in [-0.3, -0.25) is 0 Å². The van der Waals surface area contributed by atoms with Crippen LogP contribution < -0.4 is 4.90 Å².